The first-order chi connectivity index (χ1) is 9.20. The maximum absolute atomic E-state index is 6.05. The molecule has 0 fully saturated rings. The van der Waals surface area contributed by atoms with Gasteiger partial charge in [0.15, 0.2) is 0 Å². The fraction of sp³-hybridized carbons (Fsp3) is 0.267. The second kappa shape index (κ2) is 6.68. The second-order valence-corrected chi connectivity index (χ2v) is 5.36. The van der Waals surface area contributed by atoms with Gasteiger partial charge < -0.3 is 11.1 Å². The number of pyridine rings is 1. The van der Waals surface area contributed by atoms with Crippen molar-refractivity contribution in [2.45, 2.75) is 19.4 Å². The Morgan fingerprint density at radius 3 is 2.89 bits per heavy atom. The topological polar surface area (TPSA) is 50.9 Å². The molecule has 0 bridgehead atoms. The Hall–Kier alpha value is -1.39. The highest BCUT2D eigenvalue weighted by molar-refractivity contribution is 9.10. The number of benzene rings is 1. The molecule has 1 unspecified atom stereocenters. The molecular formula is C15H18BrN3. The van der Waals surface area contributed by atoms with Crippen LogP contribution in [0.1, 0.15) is 24.1 Å². The average Bonchev–Trinajstić information content (AvgIpc) is 2.39. The molecule has 0 aliphatic carbocycles. The summed E-state index contributed by atoms with van der Waals surface area (Å²) in [4.78, 5) is 4.18. The summed E-state index contributed by atoms with van der Waals surface area (Å²) in [5.41, 5.74) is 9.16. The van der Waals surface area contributed by atoms with Crippen LogP contribution in [0.3, 0.4) is 0 Å². The fourth-order valence-corrected chi connectivity index (χ4v) is 2.59. The van der Waals surface area contributed by atoms with Gasteiger partial charge in [0.1, 0.15) is 0 Å². The fourth-order valence-electron chi connectivity index (χ4n) is 2.15. The molecule has 1 aromatic heterocycles. The summed E-state index contributed by atoms with van der Waals surface area (Å²) in [6.07, 6.45) is 4.46. The molecule has 0 saturated heterocycles. The molecule has 1 heterocycles. The Morgan fingerprint density at radius 1 is 1.37 bits per heavy atom. The van der Waals surface area contributed by atoms with Crippen LogP contribution in [0, 0.1) is 0 Å². The Morgan fingerprint density at radius 2 is 2.21 bits per heavy atom. The number of likely N-dealkylation sites (N-methyl/N-ethyl adjacent to an activating group) is 1. The zero-order valence-corrected chi connectivity index (χ0v) is 12.5. The van der Waals surface area contributed by atoms with Gasteiger partial charge in [-0.05, 0) is 36.7 Å². The van der Waals surface area contributed by atoms with Gasteiger partial charge in [-0.25, -0.2) is 0 Å². The molecule has 1 atom stereocenters. The van der Waals surface area contributed by atoms with Crippen molar-refractivity contribution >= 4 is 21.6 Å². The number of halogens is 1. The molecule has 3 nitrogen and oxygen atoms in total. The highest BCUT2D eigenvalue weighted by atomic mass is 79.9. The lowest BCUT2D eigenvalue weighted by Crippen LogP contribution is -2.24. The minimum atomic E-state index is 0.188. The number of anilines is 1. The first-order valence-electron chi connectivity index (χ1n) is 6.38. The van der Waals surface area contributed by atoms with Crippen LogP contribution in [-0.4, -0.2) is 11.5 Å². The number of nitrogens with zero attached hydrogens (tertiary/aromatic N) is 1. The summed E-state index contributed by atoms with van der Waals surface area (Å²) in [5.74, 6) is 0. The van der Waals surface area contributed by atoms with E-state index >= 15 is 0 Å². The van der Waals surface area contributed by atoms with E-state index in [2.05, 4.69) is 51.4 Å². The van der Waals surface area contributed by atoms with Crippen molar-refractivity contribution < 1.29 is 0 Å². The van der Waals surface area contributed by atoms with E-state index in [-0.39, 0.29) is 6.04 Å². The van der Waals surface area contributed by atoms with Gasteiger partial charge >= 0.3 is 0 Å². The largest absolute Gasteiger partial charge is 0.398 e. The van der Waals surface area contributed by atoms with Crippen LogP contribution in [0.15, 0.2) is 47.2 Å². The molecule has 1 aromatic carbocycles. The molecule has 0 spiro atoms. The first kappa shape index (κ1) is 14.0. The van der Waals surface area contributed by atoms with Gasteiger partial charge in [0.2, 0.25) is 0 Å². The van der Waals surface area contributed by atoms with E-state index in [1.807, 2.05) is 18.3 Å². The number of rotatable bonds is 5. The monoisotopic (exact) mass is 319 g/mol. The lowest BCUT2D eigenvalue weighted by Gasteiger charge is -2.19. The van der Waals surface area contributed by atoms with Gasteiger partial charge in [-0.15, -0.1) is 0 Å². The maximum Gasteiger partial charge on any atom is 0.0396 e. The number of hydrogen-bond acceptors (Lipinski definition) is 3. The summed E-state index contributed by atoms with van der Waals surface area (Å²) < 4.78 is 1.10. The lowest BCUT2D eigenvalue weighted by atomic mass is 9.99. The van der Waals surface area contributed by atoms with Crippen LogP contribution in [0.2, 0.25) is 0 Å². The number of nitrogens with one attached hydrogen (secondary N) is 1. The highest BCUT2D eigenvalue weighted by Gasteiger charge is 2.14. The van der Waals surface area contributed by atoms with Crippen molar-refractivity contribution in [3.8, 4) is 0 Å². The predicted octanol–water partition coefficient (Wildman–Crippen LogP) is 3.32. The maximum atomic E-state index is 6.05. The molecule has 3 N–H and O–H groups in total. The molecule has 19 heavy (non-hydrogen) atoms. The Balaban J connectivity index is 2.24. The van der Waals surface area contributed by atoms with Crippen LogP contribution < -0.4 is 11.1 Å². The SMILES string of the molecule is CCNC(Cc1cccc(Br)c1)c1cnccc1N. The van der Waals surface area contributed by atoms with E-state index < -0.39 is 0 Å². The molecule has 100 valence electrons. The van der Waals surface area contributed by atoms with Crippen LogP contribution in [0.25, 0.3) is 0 Å². The van der Waals surface area contributed by atoms with E-state index in [1.54, 1.807) is 6.20 Å². The van der Waals surface area contributed by atoms with E-state index in [0.29, 0.717) is 0 Å². The minimum absolute atomic E-state index is 0.188. The predicted molar refractivity (Wildman–Crippen MR) is 82.9 cm³/mol. The molecule has 2 aromatic rings. The molecule has 2 rings (SSSR count). The normalized spacial score (nSPS) is 12.3. The van der Waals surface area contributed by atoms with Crippen molar-refractivity contribution in [1.29, 1.82) is 0 Å². The van der Waals surface area contributed by atoms with Crippen LogP contribution >= 0.6 is 15.9 Å². The van der Waals surface area contributed by atoms with E-state index in [0.717, 1.165) is 28.7 Å². The van der Waals surface area contributed by atoms with Gasteiger partial charge in [-0.3, -0.25) is 4.98 Å². The highest BCUT2D eigenvalue weighted by Crippen LogP contribution is 2.24. The molecule has 0 aliphatic rings. The Labute approximate surface area is 122 Å². The van der Waals surface area contributed by atoms with Crippen molar-refractivity contribution in [3.63, 3.8) is 0 Å². The van der Waals surface area contributed by atoms with Crippen molar-refractivity contribution in [2.75, 3.05) is 12.3 Å². The number of hydrogen-bond donors (Lipinski definition) is 2. The molecule has 4 heteroatoms. The lowest BCUT2D eigenvalue weighted by molar-refractivity contribution is 0.549. The third kappa shape index (κ3) is 3.78. The van der Waals surface area contributed by atoms with Gasteiger partial charge in [0.25, 0.3) is 0 Å². The van der Waals surface area contributed by atoms with Gasteiger partial charge in [0.05, 0.1) is 0 Å². The van der Waals surface area contributed by atoms with Crippen molar-refractivity contribution in [2.24, 2.45) is 0 Å². The van der Waals surface area contributed by atoms with Crippen molar-refractivity contribution in [1.82, 2.24) is 10.3 Å². The van der Waals surface area contributed by atoms with Crippen LogP contribution in [0.5, 0.6) is 0 Å². The quantitative estimate of drug-likeness (QED) is 0.888. The minimum Gasteiger partial charge on any atom is -0.398 e. The summed E-state index contributed by atoms with van der Waals surface area (Å²) in [6, 6.07) is 10.4. The first-order valence-corrected chi connectivity index (χ1v) is 7.17. The second-order valence-electron chi connectivity index (χ2n) is 4.45. The van der Waals surface area contributed by atoms with Gasteiger partial charge in [-0.2, -0.15) is 0 Å². The summed E-state index contributed by atoms with van der Waals surface area (Å²) >= 11 is 3.50. The molecular weight excluding hydrogens is 302 g/mol. The Kier molecular flexibility index (Phi) is 4.93. The molecule has 0 saturated carbocycles. The standard InChI is InChI=1S/C15H18BrN3/c1-2-19-15(13-10-18-7-6-14(13)17)9-11-4-3-5-12(16)8-11/h3-8,10,15,19H,2,9H2,1H3,(H2,17,18). The number of nitrogen functional groups attached to an aromatic ring is 1. The average molecular weight is 320 g/mol. The number of aromatic nitrogens is 1. The van der Waals surface area contributed by atoms with Crippen LogP contribution in [0.4, 0.5) is 5.69 Å². The zero-order valence-electron chi connectivity index (χ0n) is 10.9. The van der Waals surface area contributed by atoms with Gasteiger partial charge in [-0.1, -0.05) is 35.0 Å². The summed E-state index contributed by atoms with van der Waals surface area (Å²) in [5, 5.41) is 3.47. The smallest absolute Gasteiger partial charge is 0.0396 e. The summed E-state index contributed by atoms with van der Waals surface area (Å²) in [6.45, 7) is 2.99. The van der Waals surface area contributed by atoms with E-state index in [1.165, 1.54) is 5.56 Å². The zero-order chi connectivity index (χ0) is 13.7. The van der Waals surface area contributed by atoms with E-state index in [9.17, 15) is 0 Å². The Bertz CT molecular complexity index is 542. The third-order valence-corrected chi connectivity index (χ3v) is 3.54. The molecule has 0 radical (unpaired) electrons. The third-order valence-electron chi connectivity index (χ3n) is 3.04. The van der Waals surface area contributed by atoms with Gasteiger partial charge in [0, 0.05) is 34.2 Å². The molecule has 0 amide bonds. The number of nitrogens with two attached hydrogens (primary N) is 1. The van der Waals surface area contributed by atoms with E-state index in [4.69, 9.17) is 5.73 Å². The van der Waals surface area contributed by atoms with Crippen LogP contribution in [-0.2, 0) is 6.42 Å². The molecule has 0 aliphatic heterocycles. The van der Waals surface area contributed by atoms with Crippen molar-refractivity contribution in [3.05, 3.63) is 58.3 Å². The summed E-state index contributed by atoms with van der Waals surface area (Å²) in [7, 11) is 0.